The van der Waals surface area contributed by atoms with Crippen LogP contribution in [-0.4, -0.2) is 27.1 Å². The number of esters is 1. The van der Waals surface area contributed by atoms with E-state index < -0.39 is 0 Å². The molecule has 5 heteroatoms. The topological polar surface area (TPSA) is 57.0 Å². The first-order valence-electron chi connectivity index (χ1n) is 10.2. The molecule has 0 aliphatic carbocycles. The smallest absolute Gasteiger partial charge is 0.302 e. The van der Waals surface area contributed by atoms with Crippen LogP contribution in [0.2, 0.25) is 0 Å². The van der Waals surface area contributed by atoms with Gasteiger partial charge in [-0.25, -0.2) is 9.97 Å². The molecule has 5 rings (SSSR count). The zero-order chi connectivity index (χ0) is 21.2. The predicted octanol–water partition coefficient (Wildman–Crippen LogP) is 5.35. The second kappa shape index (κ2) is 8.03. The van der Waals surface area contributed by atoms with Crippen molar-refractivity contribution in [2.75, 3.05) is 6.61 Å². The molecule has 0 unspecified atom stereocenters. The van der Waals surface area contributed by atoms with Gasteiger partial charge in [0, 0.05) is 47.8 Å². The number of carbonyl (C=O) groups excluding carboxylic acids is 1. The number of para-hydroxylation sites is 2. The van der Waals surface area contributed by atoms with E-state index in [2.05, 4.69) is 75.2 Å². The Bertz CT molecular complexity index is 1320. The molecule has 0 radical (unpaired) electrons. The molecule has 31 heavy (non-hydrogen) atoms. The molecule has 2 aromatic heterocycles. The third kappa shape index (κ3) is 3.66. The summed E-state index contributed by atoms with van der Waals surface area (Å²) in [5.41, 5.74) is 5.36. The van der Waals surface area contributed by atoms with Crippen LogP contribution >= 0.6 is 0 Å². The van der Waals surface area contributed by atoms with Gasteiger partial charge in [-0.3, -0.25) is 4.79 Å². The lowest BCUT2D eigenvalue weighted by Gasteiger charge is -2.09. The molecule has 0 saturated heterocycles. The molecule has 0 atom stereocenters. The molecule has 0 N–H and O–H groups in total. The Morgan fingerprint density at radius 3 is 2.00 bits per heavy atom. The Balaban J connectivity index is 1.45. The summed E-state index contributed by atoms with van der Waals surface area (Å²) < 4.78 is 7.26. The number of aromatic nitrogens is 3. The van der Waals surface area contributed by atoms with Crippen LogP contribution in [0.25, 0.3) is 38.9 Å². The quantitative estimate of drug-likeness (QED) is 0.369. The van der Waals surface area contributed by atoms with Gasteiger partial charge in [0.25, 0.3) is 0 Å². The summed E-state index contributed by atoms with van der Waals surface area (Å²) in [6, 6.07) is 25.2. The number of benzene rings is 3. The highest BCUT2D eigenvalue weighted by molar-refractivity contribution is 6.09. The Labute approximate surface area is 180 Å². The first-order valence-corrected chi connectivity index (χ1v) is 10.2. The molecular formula is C26H21N3O2. The minimum Gasteiger partial charge on any atom is -0.466 e. The molecule has 5 aromatic rings. The van der Waals surface area contributed by atoms with Gasteiger partial charge in [0.1, 0.15) is 0 Å². The van der Waals surface area contributed by atoms with E-state index in [0.717, 1.165) is 16.8 Å². The molecule has 0 amide bonds. The second-order valence-electron chi connectivity index (χ2n) is 7.42. The standard InChI is InChI=1S/C26H21N3O2/c1-18(30)31-15-14-19-16-27-26(28-17-19)20-10-12-21(13-11-20)29-24-8-4-2-6-22(24)23-7-3-5-9-25(23)29/h2-13,16-17H,14-15H2,1H3. The fourth-order valence-corrected chi connectivity index (χ4v) is 3.91. The van der Waals surface area contributed by atoms with E-state index in [9.17, 15) is 4.79 Å². The SMILES string of the molecule is CC(=O)OCCc1cnc(-c2ccc(-n3c4ccccc4c4ccccc43)cc2)nc1. The van der Waals surface area contributed by atoms with E-state index in [0.29, 0.717) is 18.9 Å². The second-order valence-corrected chi connectivity index (χ2v) is 7.42. The maximum Gasteiger partial charge on any atom is 0.302 e. The number of ether oxygens (including phenoxy) is 1. The van der Waals surface area contributed by atoms with Gasteiger partial charge in [0.15, 0.2) is 5.82 Å². The molecule has 0 spiro atoms. The van der Waals surface area contributed by atoms with E-state index >= 15 is 0 Å². The number of rotatable bonds is 5. The summed E-state index contributed by atoms with van der Waals surface area (Å²) >= 11 is 0. The summed E-state index contributed by atoms with van der Waals surface area (Å²) in [7, 11) is 0. The Hall–Kier alpha value is -3.99. The van der Waals surface area contributed by atoms with Crippen molar-refractivity contribution in [1.82, 2.24) is 14.5 Å². The van der Waals surface area contributed by atoms with Crippen LogP contribution in [0, 0.1) is 0 Å². The number of hydrogen-bond donors (Lipinski definition) is 0. The highest BCUT2D eigenvalue weighted by Gasteiger charge is 2.11. The average Bonchev–Trinajstić information content (AvgIpc) is 3.14. The van der Waals surface area contributed by atoms with Crippen molar-refractivity contribution in [1.29, 1.82) is 0 Å². The van der Waals surface area contributed by atoms with Crippen LogP contribution in [0.15, 0.2) is 85.2 Å². The van der Waals surface area contributed by atoms with Gasteiger partial charge in [0.05, 0.1) is 17.6 Å². The van der Waals surface area contributed by atoms with Crippen LogP contribution in [0.1, 0.15) is 12.5 Å². The van der Waals surface area contributed by atoms with Crippen molar-refractivity contribution in [3.8, 4) is 17.1 Å². The van der Waals surface area contributed by atoms with E-state index in [1.165, 1.54) is 28.7 Å². The van der Waals surface area contributed by atoms with Gasteiger partial charge in [-0.2, -0.15) is 0 Å². The van der Waals surface area contributed by atoms with Crippen molar-refractivity contribution in [2.45, 2.75) is 13.3 Å². The Kier molecular flexibility index (Phi) is 4.92. The summed E-state index contributed by atoms with van der Waals surface area (Å²) in [6.07, 6.45) is 4.17. The van der Waals surface area contributed by atoms with E-state index in [1.807, 2.05) is 12.1 Å². The maximum absolute atomic E-state index is 10.9. The van der Waals surface area contributed by atoms with Crippen molar-refractivity contribution >= 4 is 27.8 Å². The fourth-order valence-electron chi connectivity index (χ4n) is 3.91. The molecule has 2 heterocycles. The molecule has 0 fully saturated rings. The van der Waals surface area contributed by atoms with Gasteiger partial charge in [-0.05, 0) is 42.0 Å². The van der Waals surface area contributed by atoms with Crippen molar-refractivity contribution in [3.05, 3.63) is 90.8 Å². The van der Waals surface area contributed by atoms with Crippen molar-refractivity contribution in [3.63, 3.8) is 0 Å². The van der Waals surface area contributed by atoms with Gasteiger partial charge in [0.2, 0.25) is 0 Å². The van der Waals surface area contributed by atoms with Gasteiger partial charge in [-0.1, -0.05) is 36.4 Å². The van der Waals surface area contributed by atoms with Crippen LogP contribution < -0.4 is 0 Å². The highest BCUT2D eigenvalue weighted by atomic mass is 16.5. The van der Waals surface area contributed by atoms with Crippen molar-refractivity contribution in [2.24, 2.45) is 0 Å². The Morgan fingerprint density at radius 1 is 0.839 bits per heavy atom. The zero-order valence-corrected chi connectivity index (χ0v) is 17.2. The molecule has 3 aromatic carbocycles. The molecule has 0 bridgehead atoms. The van der Waals surface area contributed by atoms with Gasteiger partial charge in [-0.15, -0.1) is 0 Å². The zero-order valence-electron chi connectivity index (χ0n) is 17.2. The first kappa shape index (κ1) is 19.0. The van der Waals surface area contributed by atoms with Gasteiger partial charge < -0.3 is 9.30 Å². The van der Waals surface area contributed by atoms with Crippen LogP contribution in [0.4, 0.5) is 0 Å². The normalized spacial score (nSPS) is 11.1. The fraction of sp³-hybridized carbons (Fsp3) is 0.115. The minimum atomic E-state index is -0.277. The molecule has 0 aliphatic heterocycles. The summed E-state index contributed by atoms with van der Waals surface area (Å²) in [5.74, 6) is 0.394. The van der Waals surface area contributed by atoms with Crippen LogP contribution in [-0.2, 0) is 16.0 Å². The highest BCUT2D eigenvalue weighted by Crippen LogP contribution is 2.32. The molecule has 0 saturated carbocycles. The van der Waals surface area contributed by atoms with Crippen molar-refractivity contribution < 1.29 is 9.53 Å². The monoisotopic (exact) mass is 407 g/mol. The number of carbonyl (C=O) groups is 1. The summed E-state index contributed by atoms with van der Waals surface area (Å²) in [6.45, 7) is 1.74. The summed E-state index contributed by atoms with van der Waals surface area (Å²) in [4.78, 5) is 19.8. The number of nitrogens with zero attached hydrogens (tertiary/aromatic N) is 3. The average molecular weight is 407 g/mol. The van der Waals surface area contributed by atoms with Crippen LogP contribution in [0.5, 0.6) is 0 Å². The number of hydrogen-bond acceptors (Lipinski definition) is 4. The lowest BCUT2D eigenvalue weighted by Crippen LogP contribution is -2.04. The molecule has 5 nitrogen and oxygen atoms in total. The van der Waals surface area contributed by atoms with E-state index in [1.54, 1.807) is 12.4 Å². The third-order valence-electron chi connectivity index (χ3n) is 5.37. The lowest BCUT2D eigenvalue weighted by molar-refractivity contribution is -0.140. The lowest BCUT2D eigenvalue weighted by atomic mass is 10.1. The molecular weight excluding hydrogens is 386 g/mol. The van der Waals surface area contributed by atoms with Crippen LogP contribution in [0.3, 0.4) is 0 Å². The Morgan fingerprint density at radius 2 is 1.42 bits per heavy atom. The van der Waals surface area contributed by atoms with Gasteiger partial charge >= 0.3 is 5.97 Å². The number of fused-ring (bicyclic) bond motifs is 3. The largest absolute Gasteiger partial charge is 0.466 e. The predicted molar refractivity (Wildman–Crippen MR) is 122 cm³/mol. The maximum atomic E-state index is 10.9. The molecule has 152 valence electrons. The van der Waals surface area contributed by atoms with E-state index in [4.69, 9.17) is 4.74 Å². The third-order valence-corrected chi connectivity index (χ3v) is 5.37. The molecule has 0 aliphatic rings. The first-order chi connectivity index (χ1) is 15.2. The van der Waals surface area contributed by atoms with E-state index in [-0.39, 0.29) is 5.97 Å². The minimum absolute atomic E-state index is 0.277. The summed E-state index contributed by atoms with van der Waals surface area (Å²) in [5, 5.41) is 2.49.